The number of carbonyl (C=O) groups excluding carboxylic acids is 2. The highest BCUT2D eigenvalue weighted by Crippen LogP contribution is 2.38. The highest BCUT2D eigenvalue weighted by molar-refractivity contribution is 7.20. The van der Waals surface area contributed by atoms with Crippen LogP contribution in [0, 0.1) is 5.82 Å². The zero-order valence-electron chi connectivity index (χ0n) is 18.0. The van der Waals surface area contributed by atoms with Crippen LogP contribution in [0.3, 0.4) is 0 Å². The Labute approximate surface area is 199 Å². The quantitative estimate of drug-likeness (QED) is 0.421. The zero-order valence-corrected chi connectivity index (χ0v) is 18.8. The molecule has 2 aliphatic carbocycles. The molecule has 0 atom stereocenters. The number of aldehydes is 1. The molecule has 3 aromatic rings. The predicted octanol–water partition coefficient (Wildman–Crippen LogP) is 6.15. The number of allylic oxidation sites excluding steroid dienone is 8. The maximum absolute atomic E-state index is 14.7. The van der Waals surface area contributed by atoms with Crippen molar-refractivity contribution in [3.8, 4) is 11.5 Å². The van der Waals surface area contributed by atoms with Gasteiger partial charge in [0.05, 0.1) is 10.2 Å². The molecule has 0 saturated heterocycles. The summed E-state index contributed by atoms with van der Waals surface area (Å²) in [6.45, 7) is 0. The topological polar surface area (TPSA) is 80.3 Å². The molecule has 0 radical (unpaired) electrons. The van der Waals surface area contributed by atoms with E-state index in [9.17, 15) is 14.0 Å². The van der Waals surface area contributed by atoms with E-state index in [0.717, 1.165) is 39.8 Å². The average molecular weight is 474 g/mol. The van der Waals surface area contributed by atoms with Gasteiger partial charge in [-0.3, -0.25) is 9.78 Å². The van der Waals surface area contributed by atoms with E-state index in [2.05, 4.69) is 15.6 Å². The van der Waals surface area contributed by atoms with Crippen LogP contribution in [0.1, 0.15) is 17.7 Å². The Morgan fingerprint density at radius 2 is 1.97 bits per heavy atom. The molecule has 2 aromatic heterocycles. The molecule has 0 aliphatic heterocycles. The van der Waals surface area contributed by atoms with Crippen molar-refractivity contribution in [1.82, 2.24) is 10.3 Å². The third kappa shape index (κ3) is 4.97. The molecule has 0 unspecified atom stereocenters. The second-order valence-electron chi connectivity index (χ2n) is 7.88. The van der Waals surface area contributed by atoms with E-state index in [1.807, 2.05) is 30.4 Å². The minimum absolute atomic E-state index is 0.0457. The van der Waals surface area contributed by atoms with Gasteiger partial charge in [-0.25, -0.2) is 9.18 Å². The SMILES string of the molecule is O=CC1=C/C=C(c2cc3nccc(Oc4ccc(NC(=O)NC5CC5)cc4F)c3s2)\C=C\C=C\1. The molecule has 8 heteroatoms. The summed E-state index contributed by atoms with van der Waals surface area (Å²) in [4.78, 5) is 28.4. The van der Waals surface area contributed by atoms with Gasteiger partial charge in [-0.05, 0) is 36.6 Å². The number of hydrogen-bond donors (Lipinski definition) is 2. The molecule has 2 amide bonds. The van der Waals surface area contributed by atoms with Crippen LogP contribution in [0.5, 0.6) is 11.5 Å². The molecule has 2 heterocycles. The fraction of sp³-hybridized carbons (Fsp3) is 0.115. The monoisotopic (exact) mass is 473 g/mol. The Balaban J connectivity index is 1.39. The molecular formula is C26H20FN3O3S. The molecule has 170 valence electrons. The zero-order chi connectivity index (χ0) is 23.5. The number of nitrogens with one attached hydrogen (secondary N) is 2. The molecule has 1 aromatic carbocycles. The Morgan fingerprint density at radius 3 is 2.76 bits per heavy atom. The van der Waals surface area contributed by atoms with Crippen molar-refractivity contribution in [1.29, 1.82) is 0 Å². The van der Waals surface area contributed by atoms with Crippen LogP contribution >= 0.6 is 11.3 Å². The lowest BCUT2D eigenvalue weighted by Crippen LogP contribution is -2.30. The van der Waals surface area contributed by atoms with Crippen LogP contribution in [0.25, 0.3) is 15.8 Å². The second-order valence-corrected chi connectivity index (χ2v) is 8.93. The number of fused-ring (bicyclic) bond motifs is 1. The normalized spacial score (nSPS) is 20.1. The van der Waals surface area contributed by atoms with Crippen molar-refractivity contribution in [2.75, 3.05) is 5.32 Å². The number of thiophene rings is 1. The number of halogens is 1. The number of hydrogen-bond acceptors (Lipinski definition) is 5. The molecule has 6 nitrogen and oxygen atoms in total. The van der Waals surface area contributed by atoms with Crippen LogP contribution in [0.2, 0.25) is 0 Å². The van der Waals surface area contributed by atoms with Gasteiger partial charge in [0.25, 0.3) is 0 Å². The van der Waals surface area contributed by atoms with Crippen molar-refractivity contribution < 1.29 is 18.7 Å². The van der Waals surface area contributed by atoms with E-state index in [1.54, 1.807) is 30.5 Å². The number of amides is 2. The molecule has 0 bridgehead atoms. The van der Waals surface area contributed by atoms with Crippen molar-refractivity contribution in [3.63, 3.8) is 0 Å². The Bertz CT molecular complexity index is 1400. The van der Waals surface area contributed by atoms with Crippen molar-refractivity contribution >= 4 is 45.1 Å². The highest BCUT2D eigenvalue weighted by Gasteiger charge is 2.23. The van der Waals surface area contributed by atoms with Gasteiger partial charge in [-0.1, -0.05) is 36.5 Å². The van der Waals surface area contributed by atoms with Crippen molar-refractivity contribution in [3.05, 3.63) is 89.3 Å². The minimum atomic E-state index is -0.588. The molecule has 2 aliphatic rings. The summed E-state index contributed by atoms with van der Waals surface area (Å²) >= 11 is 1.47. The van der Waals surface area contributed by atoms with Gasteiger partial charge in [0.1, 0.15) is 12.0 Å². The number of benzene rings is 1. The van der Waals surface area contributed by atoms with E-state index in [4.69, 9.17) is 4.74 Å². The smallest absolute Gasteiger partial charge is 0.319 e. The summed E-state index contributed by atoms with van der Waals surface area (Å²) in [5, 5.41) is 5.43. The largest absolute Gasteiger partial charge is 0.453 e. The maximum Gasteiger partial charge on any atom is 0.319 e. The van der Waals surface area contributed by atoms with Gasteiger partial charge >= 0.3 is 6.03 Å². The first-order valence-electron chi connectivity index (χ1n) is 10.7. The van der Waals surface area contributed by atoms with Crippen LogP contribution < -0.4 is 15.4 Å². The van der Waals surface area contributed by atoms with Gasteiger partial charge < -0.3 is 15.4 Å². The summed E-state index contributed by atoms with van der Waals surface area (Å²) in [7, 11) is 0. The van der Waals surface area contributed by atoms with Crippen LogP contribution in [-0.2, 0) is 4.79 Å². The van der Waals surface area contributed by atoms with Crippen LogP contribution in [0.4, 0.5) is 14.9 Å². The Kier molecular flexibility index (Phi) is 6.05. The summed E-state index contributed by atoms with van der Waals surface area (Å²) in [5.41, 5.74) is 2.56. The van der Waals surface area contributed by atoms with E-state index >= 15 is 0 Å². The number of carbonyl (C=O) groups is 2. The van der Waals surface area contributed by atoms with Crippen molar-refractivity contribution in [2.45, 2.75) is 18.9 Å². The number of urea groups is 1. The lowest BCUT2D eigenvalue weighted by atomic mass is 10.1. The number of ether oxygens (including phenoxy) is 1. The Hall–Kier alpha value is -4.04. The standard InChI is InChI=1S/C26H20FN3O3S/c27-20-13-19(30-26(32)29-18-7-8-18)9-10-22(20)33-23-11-12-28-21-14-24(34-25(21)23)17-4-2-1-3-16(15-31)5-6-17/h1-6,9-15,18H,7-8H2,(H2,29,30,32)/b2-1?,3-1+,4-2+,6-5?,16-3?,16-5+,17-4?,17-6+. The van der Waals surface area contributed by atoms with Gasteiger partial charge in [-0.2, -0.15) is 0 Å². The van der Waals surface area contributed by atoms with Crippen LogP contribution in [-0.4, -0.2) is 23.3 Å². The maximum atomic E-state index is 14.7. The molecule has 2 N–H and O–H groups in total. The van der Waals surface area contributed by atoms with Gasteiger partial charge in [-0.15, -0.1) is 11.3 Å². The summed E-state index contributed by atoms with van der Waals surface area (Å²) in [5.74, 6) is -0.0638. The molecular weight excluding hydrogens is 453 g/mol. The van der Waals surface area contributed by atoms with E-state index in [1.165, 1.54) is 23.5 Å². The lowest BCUT2D eigenvalue weighted by molar-refractivity contribution is -0.104. The first kappa shape index (κ1) is 21.8. The van der Waals surface area contributed by atoms with Crippen LogP contribution in [0.15, 0.2) is 78.6 Å². The number of aromatic nitrogens is 1. The average Bonchev–Trinajstić information content (AvgIpc) is 3.50. The lowest BCUT2D eigenvalue weighted by Gasteiger charge is -2.10. The summed E-state index contributed by atoms with van der Waals surface area (Å²) < 4.78 is 21.4. The highest BCUT2D eigenvalue weighted by atomic mass is 32.1. The Morgan fingerprint density at radius 1 is 1.12 bits per heavy atom. The summed E-state index contributed by atoms with van der Waals surface area (Å²) in [6.07, 6.45) is 15.4. The third-order valence-corrected chi connectivity index (χ3v) is 6.44. The molecule has 34 heavy (non-hydrogen) atoms. The number of nitrogens with zero attached hydrogens (tertiary/aromatic N) is 1. The van der Waals surface area contributed by atoms with Crippen molar-refractivity contribution in [2.24, 2.45) is 0 Å². The first-order valence-corrected chi connectivity index (χ1v) is 11.6. The second kappa shape index (κ2) is 9.44. The minimum Gasteiger partial charge on any atom is -0.453 e. The summed E-state index contributed by atoms with van der Waals surface area (Å²) in [6, 6.07) is 7.80. The number of anilines is 1. The molecule has 1 saturated carbocycles. The third-order valence-electron chi connectivity index (χ3n) is 5.25. The predicted molar refractivity (Wildman–Crippen MR) is 132 cm³/mol. The van der Waals surface area contributed by atoms with Gasteiger partial charge in [0, 0.05) is 40.5 Å². The fourth-order valence-electron chi connectivity index (χ4n) is 3.36. The van der Waals surface area contributed by atoms with Gasteiger partial charge in [0.15, 0.2) is 11.6 Å². The molecule has 0 spiro atoms. The number of pyridine rings is 1. The van der Waals surface area contributed by atoms with E-state index in [-0.39, 0.29) is 17.8 Å². The van der Waals surface area contributed by atoms with E-state index < -0.39 is 5.82 Å². The number of rotatable bonds is 6. The molecule has 5 rings (SSSR count). The van der Waals surface area contributed by atoms with E-state index in [0.29, 0.717) is 17.0 Å². The molecule has 1 fully saturated rings. The first-order chi connectivity index (χ1) is 16.6. The van der Waals surface area contributed by atoms with Gasteiger partial charge in [0.2, 0.25) is 0 Å². The fourth-order valence-corrected chi connectivity index (χ4v) is 4.43.